The number of amides is 2. The highest BCUT2D eigenvalue weighted by atomic mass is 19.1. The summed E-state index contributed by atoms with van der Waals surface area (Å²) in [6, 6.07) is 9.45. The fourth-order valence-corrected chi connectivity index (χ4v) is 3.54. The number of ether oxygens (including phenoxy) is 1. The van der Waals surface area contributed by atoms with Crippen molar-refractivity contribution in [1.29, 1.82) is 0 Å². The molecule has 0 aliphatic carbocycles. The molecule has 2 aromatic rings. The molecule has 28 heavy (non-hydrogen) atoms. The van der Waals surface area contributed by atoms with Gasteiger partial charge in [-0.1, -0.05) is 12.1 Å². The molecule has 0 aromatic heterocycles. The average molecular weight is 388 g/mol. The number of hydrogen-bond donors (Lipinski definition) is 3. The summed E-state index contributed by atoms with van der Waals surface area (Å²) in [5.74, 6) is -0.724. The number of piperidine rings is 1. The van der Waals surface area contributed by atoms with Gasteiger partial charge in [-0.05, 0) is 49.4 Å². The van der Waals surface area contributed by atoms with Crippen molar-refractivity contribution in [2.24, 2.45) is 0 Å². The van der Waals surface area contributed by atoms with Gasteiger partial charge in [-0.25, -0.2) is 9.18 Å². The first-order valence-corrected chi connectivity index (χ1v) is 9.29. The number of halogens is 1. The number of benzene rings is 2. The Morgan fingerprint density at radius 3 is 2.43 bits per heavy atom. The van der Waals surface area contributed by atoms with Gasteiger partial charge < -0.3 is 25.2 Å². The van der Waals surface area contributed by atoms with Crippen molar-refractivity contribution in [2.75, 3.05) is 20.2 Å². The van der Waals surface area contributed by atoms with Crippen LogP contribution in [0.1, 0.15) is 42.9 Å². The Morgan fingerprint density at radius 1 is 1.18 bits per heavy atom. The summed E-state index contributed by atoms with van der Waals surface area (Å²) in [6.45, 7) is 2.94. The molecule has 3 N–H and O–H groups in total. The molecule has 7 heteroatoms. The standard InChI is InChI=1S/C21H25FN2O4/c1-13(14-3-5-16(28-2)6-4-14)23-21(27)24-9-7-15(8-10-24)17-11-18(22)20(26)12-19(17)25/h3-6,11-13,15,25-26H,7-10H2,1-2H3,(H,23,27)/t13-/m0/s1. The number of hydrogen-bond acceptors (Lipinski definition) is 4. The zero-order valence-corrected chi connectivity index (χ0v) is 16.0. The minimum Gasteiger partial charge on any atom is -0.508 e. The second-order valence-electron chi connectivity index (χ2n) is 7.07. The number of aromatic hydroxyl groups is 2. The fourth-order valence-electron chi connectivity index (χ4n) is 3.54. The highest BCUT2D eigenvalue weighted by Crippen LogP contribution is 2.36. The van der Waals surface area contributed by atoms with Crippen molar-refractivity contribution >= 4 is 6.03 Å². The van der Waals surface area contributed by atoms with E-state index in [9.17, 15) is 19.4 Å². The molecule has 0 unspecified atom stereocenters. The van der Waals surface area contributed by atoms with Crippen molar-refractivity contribution in [3.63, 3.8) is 0 Å². The summed E-state index contributed by atoms with van der Waals surface area (Å²) in [5, 5.41) is 22.3. The van der Waals surface area contributed by atoms with Gasteiger partial charge >= 0.3 is 6.03 Å². The van der Waals surface area contributed by atoms with Crippen LogP contribution in [0.25, 0.3) is 0 Å². The first kappa shape index (κ1) is 19.8. The third-order valence-corrected chi connectivity index (χ3v) is 5.27. The van der Waals surface area contributed by atoms with Gasteiger partial charge in [0.05, 0.1) is 13.2 Å². The third kappa shape index (κ3) is 4.30. The molecule has 2 amide bonds. The highest BCUT2D eigenvalue weighted by molar-refractivity contribution is 5.74. The van der Waals surface area contributed by atoms with Crippen LogP contribution in [0.5, 0.6) is 17.2 Å². The molecule has 2 aromatic carbocycles. The van der Waals surface area contributed by atoms with Crippen LogP contribution in [-0.2, 0) is 0 Å². The lowest BCUT2D eigenvalue weighted by atomic mass is 9.88. The summed E-state index contributed by atoms with van der Waals surface area (Å²) in [4.78, 5) is 14.3. The molecule has 150 valence electrons. The Kier molecular flexibility index (Phi) is 5.92. The monoisotopic (exact) mass is 388 g/mol. The molecular weight excluding hydrogens is 363 g/mol. The molecule has 1 heterocycles. The van der Waals surface area contributed by atoms with E-state index in [4.69, 9.17) is 4.74 Å². The number of carbonyl (C=O) groups excluding carboxylic acids is 1. The molecule has 1 saturated heterocycles. The lowest BCUT2D eigenvalue weighted by molar-refractivity contribution is 0.178. The number of carbonyl (C=O) groups is 1. The van der Waals surface area contributed by atoms with Crippen LogP contribution in [-0.4, -0.2) is 41.3 Å². The van der Waals surface area contributed by atoms with E-state index in [1.54, 1.807) is 12.0 Å². The van der Waals surface area contributed by atoms with Crippen LogP contribution in [0, 0.1) is 5.82 Å². The second kappa shape index (κ2) is 8.37. The summed E-state index contributed by atoms with van der Waals surface area (Å²) in [5.41, 5.74) is 1.45. The predicted octanol–water partition coefficient (Wildman–Crippen LogP) is 3.90. The van der Waals surface area contributed by atoms with Crippen molar-refractivity contribution < 1.29 is 24.1 Å². The van der Waals surface area contributed by atoms with E-state index in [0.29, 0.717) is 31.5 Å². The predicted molar refractivity (Wildman–Crippen MR) is 103 cm³/mol. The largest absolute Gasteiger partial charge is 0.508 e. The summed E-state index contributed by atoms with van der Waals surface area (Å²) >= 11 is 0. The molecule has 6 nitrogen and oxygen atoms in total. The van der Waals surface area contributed by atoms with Gasteiger partial charge in [0, 0.05) is 24.7 Å². The molecule has 1 aliphatic heterocycles. The maximum atomic E-state index is 13.6. The van der Waals surface area contributed by atoms with Gasteiger partial charge in [-0.15, -0.1) is 0 Å². The molecule has 1 aliphatic rings. The van der Waals surface area contributed by atoms with Crippen LogP contribution in [0.3, 0.4) is 0 Å². The van der Waals surface area contributed by atoms with Crippen molar-refractivity contribution in [3.05, 3.63) is 53.3 Å². The SMILES string of the molecule is COc1ccc([C@H](C)NC(=O)N2CCC(c3cc(F)c(O)cc3O)CC2)cc1. The van der Waals surface area contributed by atoms with Gasteiger partial charge in [0.2, 0.25) is 0 Å². The molecular formula is C21H25FN2O4. The third-order valence-electron chi connectivity index (χ3n) is 5.27. The average Bonchev–Trinajstić information content (AvgIpc) is 2.71. The smallest absolute Gasteiger partial charge is 0.317 e. The maximum Gasteiger partial charge on any atom is 0.317 e. The van der Waals surface area contributed by atoms with Crippen LogP contribution >= 0.6 is 0 Å². The van der Waals surface area contributed by atoms with Crippen molar-refractivity contribution in [1.82, 2.24) is 10.2 Å². The molecule has 0 saturated carbocycles. The summed E-state index contributed by atoms with van der Waals surface area (Å²) < 4.78 is 18.8. The molecule has 1 fully saturated rings. The van der Waals surface area contributed by atoms with Crippen LogP contribution < -0.4 is 10.1 Å². The van der Waals surface area contributed by atoms with E-state index in [-0.39, 0.29) is 23.7 Å². The molecule has 3 rings (SSSR count). The second-order valence-corrected chi connectivity index (χ2v) is 7.07. The van der Waals surface area contributed by atoms with E-state index in [2.05, 4.69) is 5.32 Å². The van der Waals surface area contributed by atoms with Gasteiger partial charge in [0.15, 0.2) is 11.6 Å². The number of methoxy groups -OCH3 is 1. The van der Waals surface area contributed by atoms with Crippen molar-refractivity contribution in [3.8, 4) is 17.2 Å². The number of phenols is 2. The Hall–Kier alpha value is -2.96. The van der Waals surface area contributed by atoms with Gasteiger partial charge in [-0.3, -0.25) is 0 Å². The molecule has 1 atom stereocenters. The zero-order valence-electron chi connectivity index (χ0n) is 16.0. The number of nitrogens with zero attached hydrogens (tertiary/aromatic N) is 1. The minimum absolute atomic E-state index is 0.0573. The number of rotatable bonds is 4. The molecule has 0 bridgehead atoms. The van der Waals surface area contributed by atoms with Crippen LogP contribution in [0.2, 0.25) is 0 Å². The van der Waals surface area contributed by atoms with Gasteiger partial charge in [0.1, 0.15) is 11.5 Å². The lowest BCUT2D eigenvalue weighted by Gasteiger charge is -2.33. The first-order chi connectivity index (χ1) is 13.4. The fraction of sp³-hybridized carbons (Fsp3) is 0.381. The van der Waals surface area contributed by atoms with Crippen molar-refractivity contribution in [2.45, 2.75) is 31.7 Å². The van der Waals surface area contributed by atoms with Gasteiger partial charge in [0.25, 0.3) is 0 Å². The van der Waals surface area contributed by atoms with E-state index in [1.807, 2.05) is 31.2 Å². The number of urea groups is 1. The Morgan fingerprint density at radius 2 is 1.82 bits per heavy atom. The quantitative estimate of drug-likeness (QED) is 0.742. The maximum absolute atomic E-state index is 13.6. The summed E-state index contributed by atoms with van der Waals surface area (Å²) in [6.07, 6.45) is 1.23. The minimum atomic E-state index is -0.749. The highest BCUT2D eigenvalue weighted by Gasteiger charge is 2.27. The Bertz CT molecular complexity index is 833. The van der Waals surface area contributed by atoms with Crippen LogP contribution in [0.4, 0.5) is 9.18 Å². The number of nitrogens with one attached hydrogen (secondary N) is 1. The number of likely N-dealkylation sites (tertiary alicyclic amines) is 1. The number of phenolic OH excluding ortho intramolecular Hbond substituents is 2. The summed E-state index contributed by atoms with van der Waals surface area (Å²) in [7, 11) is 1.61. The molecule has 0 radical (unpaired) electrons. The normalized spacial score (nSPS) is 15.9. The van der Waals surface area contributed by atoms with E-state index in [1.165, 1.54) is 6.07 Å². The van der Waals surface area contributed by atoms with E-state index < -0.39 is 11.6 Å². The zero-order chi connectivity index (χ0) is 20.3. The first-order valence-electron chi connectivity index (χ1n) is 9.29. The lowest BCUT2D eigenvalue weighted by Crippen LogP contribution is -2.44. The van der Waals surface area contributed by atoms with Gasteiger partial charge in [-0.2, -0.15) is 0 Å². The Balaban J connectivity index is 1.57. The topological polar surface area (TPSA) is 82.0 Å². The van der Waals surface area contributed by atoms with E-state index in [0.717, 1.165) is 17.4 Å². The van der Waals surface area contributed by atoms with E-state index >= 15 is 0 Å². The molecule has 0 spiro atoms. The van der Waals surface area contributed by atoms with Crippen LogP contribution in [0.15, 0.2) is 36.4 Å². The Labute approximate surface area is 163 Å².